The van der Waals surface area contributed by atoms with Gasteiger partial charge in [-0.25, -0.2) is 0 Å². The number of carbonyl (C=O) groups is 1. The van der Waals surface area contributed by atoms with Crippen LogP contribution in [0.4, 0.5) is 0 Å². The van der Waals surface area contributed by atoms with E-state index in [0.29, 0.717) is 29.9 Å². The minimum absolute atomic E-state index is 0.0925. The number of benzene rings is 2. The predicted octanol–water partition coefficient (Wildman–Crippen LogP) is 2.70. The molecule has 1 amide bonds. The highest BCUT2D eigenvalue weighted by Gasteiger charge is 2.40. The van der Waals surface area contributed by atoms with E-state index >= 15 is 0 Å². The van der Waals surface area contributed by atoms with Crippen LogP contribution in [0, 0.1) is 5.92 Å². The molecule has 2 aliphatic rings. The summed E-state index contributed by atoms with van der Waals surface area (Å²) in [5, 5.41) is 3.40. The number of amides is 1. The summed E-state index contributed by atoms with van der Waals surface area (Å²) < 4.78 is 5.95. The van der Waals surface area contributed by atoms with Gasteiger partial charge in [0.05, 0.1) is 5.56 Å². The number of carbonyl (C=O) groups excluding carboxylic acids is 1. The molecule has 2 aliphatic heterocycles. The van der Waals surface area contributed by atoms with E-state index in [-0.39, 0.29) is 5.91 Å². The molecule has 0 saturated carbocycles. The van der Waals surface area contributed by atoms with Gasteiger partial charge in [0.2, 0.25) is 0 Å². The second-order valence-corrected chi connectivity index (χ2v) is 6.54. The number of rotatable bonds is 4. The van der Waals surface area contributed by atoms with Crippen LogP contribution in [-0.2, 0) is 6.61 Å². The Labute approximate surface area is 142 Å². The van der Waals surface area contributed by atoms with Crippen molar-refractivity contribution in [2.75, 3.05) is 19.6 Å². The highest BCUT2D eigenvalue weighted by atomic mass is 16.5. The fraction of sp³-hybridized carbons (Fsp3) is 0.350. The topological polar surface area (TPSA) is 41.6 Å². The fourth-order valence-electron chi connectivity index (χ4n) is 3.76. The van der Waals surface area contributed by atoms with Gasteiger partial charge < -0.3 is 15.0 Å². The van der Waals surface area contributed by atoms with Gasteiger partial charge in [0, 0.05) is 25.7 Å². The van der Waals surface area contributed by atoms with Crippen molar-refractivity contribution in [1.29, 1.82) is 0 Å². The zero-order chi connectivity index (χ0) is 16.4. The molecule has 4 nitrogen and oxygen atoms in total. The Balaban J connectivity index is 1.52. The first-order chi connectivity index (χ1) is 11.8. The molecule has 4 heteroatoms. The Bertz CT molecular complexity index is 717. The molecule has 0 aliphatic carbocycles. The number of ether oxygens (including phenoxy) is 1. The highest BCUT2D eigenvalue weighted by molar-refractivity contribution is 5.97. The molecule has 2 aromatic rings. The van der Waals surface area contributed by atoms with E-state index in [4.69, 9.17) is 4.74 Å². The molecule has 1 N–H and O–H groups in total. The molecule has 0 unspecified atom stereocenters. The fourth-order valence-corrected chi connectivity index (χ4v) is 3.76. The number of hydrogen-bond acceptors (Lipinski definition) is 3. The molecular weight excluding hydrogens is 300 g/mol. The lowest BCUT2D eigenvalue weighted by Gasteiger charge is -2.24. The van der Waals surface area contributed by atoms with Gasteiger partial charge in [-0.3, -0.25) is 4.79 Å². The zero-order valence-corrected chi connectivity index (χ0v) is 13.7. The standard InChI is InChI=1S/C20H22N2O2/c23-20(22-11-10-16-12-21-13-18(16)22)17-8-4-5-9-19(17)24-14-15-6-2-1-3-7-15/h1-9,16,18,21H,10-14H2/t16-,18+/m1/s1. The summed E-state index contributed by atoms with van der Waals surface area (Å²) in [5.74, 6) is 1.36. The van der Waals surface area contributed by atoms with E-state index in [1.54, 1.807) is 0 Å². The van der Waals surface area contributed by atoms with Crippen LogP contribution in [0.5, 0.6) is 5.75 Å². The second-order valence-electron chi connectivity index (χ2n) is 6.54. The molecule has 24 heavy (non-hydrogen) atoms. The van der Waals surface area contributed by atoms with E-state index in [1.807, 2.05) is 59.5 Å². The van der Waals surface area contributed by atoms with Crippen molar-refractivity contribution in [1.82, 2.24) is 10.2 Å². The Morgan fingerprint density at radius 2 is 1.88 bits per heavy atom. The van der Waals surface area contributed by atoms with Crippen LogP contribution in [0.25, 0.3) is 0 Å². The third-order valence-corrected chi connectivity index (χ3v) is 5.06. The molecule has 2 atom stereocenters. The van der Waals surface area contributed by atoms with E-state index in [1.165, 1.54) is 0 Å². The minimum Gasteiger partial charge on any atom is -0.488 e. The Morgan fingerprint density at radius 1 is 1.08 bits per heavy atom. The SMILES string of the molecule is O=C(c1ccccc1OCc1ccccc1)N1CC[C@@H]2CNC[C@@H]21. The Hall–Kier alpha value is -2.33. The first-order valence-electron chi connectivity index (χ1n) is 8.60. The van der Waals surface area contributed by atoms with Gasteiger partial charge in [-0.1, -0.05) is 42.5 Å². The van der Waals surface area contributed by atoms with Gasteiger partial charge in [-0.2, -0.15) is 0 Å². The van der Waals surface area contributed by atoms with Gasteiger partial charge >= 0.3 is 0 Å². The molecule has 0 radical (unpaired) electrons. The van der Waals surface area contributed by atoms with Crippen molar-refractivity contribution in [3.05, 3.63) is 65.7 Å². The molecule has 2 saturated heterocycles. The monoisotopic (exact) mass is 322 g/mol. The van der Waals surface area contributed by atoms with Crippen molar-refractivity contribution in [3.63, 3.8) is 0 Å². The Kier molecular flexibility index (Phi) is 4.22. The van der Waals surface area contributed by atoms with Gasteiger partial charge in [0.15, 0.2) is 0 Å². The maximum atomic E-state index is 13.0. The number of hydrogen-bond donors (Lipinski definition) is 1. The van der Waals surface area contributed by atoms with Gasteiger partial charge in [0.1, 0.15) is 12.4 Å². The van der Waals surface area contributed by atoms with Crippen LogP contribution in [0.1, 0.15) is 22.3 Å². The van der Waals surface area contributed by atoms with E-state index in [9.17, 15) is 4.79 Å². The van der Waals surface area contributed by atoms with E-state index in [0.717, 1.165) is 31.6 Å². The first kappa shape index (κ1) is 15.2. The van der Waals surface area contributed by atoms with E-state index < -0.39 is 0 Å². The third-order valence-electron chi connectivity index (χ3n) is 5.06. The van der Waals surface area contributed by atoms with Crippen molar-refractivity contribution < 1.29 is 9.53 Å². The number of nitrogens with zero attached hydrogens (tertiary/aromatic N) is 1. The summed E-state index contributed by atoms with van der Waals surface area (Å²) in [6, 6.07) is 17.9. The van der Waals surface area contributed by atoms with Crippen LogP contribution in [0.15, 0.2) is 54.6 Å². The molecular formula is C20H22N2O2. The van der Waals surface area contributed by atoms with Crippen LogP contribution < -0.4 is 10.1 Å². The van der Waals surface area contributed by atoms with Crippen LogP contribution >= 0.6 is 0 Å². The summed E-state index contributed by atoms with van der Waals surface area (Å²) in [6.07, 6.45) is 1.09. The molecule has 2 heterocycles. The lowest BCUT2D eigenvalue weighted by Crippen LogP contribution is -2.39. The summed E-state index contributed by atoms with van der Waals surface area (Å²) in [4.78, 5) is 15.1. The lowest BCUT2D eigenvalue weighted by atomic mass is 10.0. The molecule has 0 aromatic heterocycles. The summed E-state index contributed by atoms with van der Waals surface area (Å²) in [6.45, 7) is 3.26. The molecule has 0 bridgehead atoms. The molecule has 4 rings (SSSR count). The maximum absolute atomic E-state index is 13.0. The molecule has 2 fully saturated rings. The lowest BCUT2D eigenvalue weighted by molar-refractivity contribution is 0.0732. The number of para-hydroxylation sites is 1. The van der Waals surface area contributed by atoms with Crippen molar-refractivity contribution in [2.24, 2.45) is 5.92 Å². The number of likely N-dealkylation sites (tertiary alicyclic amines) is 1. The highest BCUT2D eigenvalue weighted by Crippen LogP contribution is 2.30. The van der Waals surface area contributed by atoms with Crippen molar-refractivity contribution in [2.45, 2.75) is 19.1 Å². The van der Waals surface area contributed by atoms with Crippen LogP contribution in [0.2, 0.25) is 0 Å². The molecule has 0 spiro atoms. The average molecular weight is 322 g/mol. The zero-order valence-electron chi connectivity index (χ0n) is 13.7. The molecule has 2 aromatic carbocycles. The summed E-state index contributed by atoms with van der Waals surface area (Å²) >= 11 is 0. The normalized spacial score (nSPS) is 22.4. The van der Waals surface area contributed by atoms with Crippen molar-refractivity contribution >= 4 is 5.91 Å². The largest absolute Gasteiger partial charge is 0.488 e. The van der Waals surface area contributed by atoms with Gasteiger partial charge in [0.25, 0.3) is 5.91 Å². The summed E-state index contributed by atoms with van der Waals surface area (Å²) in [5.41, 5.74) is 1.77. The van der Waals surface area contributed by atoms with Crippen molar-refractivity contribution in [3.8, 4) is 5.75 Å². The second kappa shape index (κ2) is 6.65. The number of fused-ring (bicyclic) bond motifs is 1. The van der Waals surface area contributed by atoms with Gasteiger partial charge in [-0.05, 0) is 30.0 Å². The molecule has 124 valence electrons. The quantitative estimate of drug-likeness (QED) is 0.941. The maximum Gasteiger partial charge on any atom is 0.257 e. The predicted molar refractivity (Wildman–Crippen MR) is 93.0 cm³/mol. The average Bonchev–Trinajstić information content (AvgIpc) is 3.24. The minimum atomic E-state index is 0.0925. The van der Waals surface area contributed by atoms with Crippen LogP contribution in [-0.4, -0.2) is 36.5 Å². The smallest absolute Gasteiger partial charge is 0.257 e. The van der Waals surface area contributed by atoms with E-state index in [2.05, 4.69) is 5.32 Å². The third kappa shape index (κ3) is 2.89. The Morgan fingerprint density at radius 3 is 2.75 bits per heavy atom. The summed E-state index contributed by atoms with van der Waals surface area (Å²) in [7, 11) is 0. The van der Waals surface area contributed by atoms with Gasteiger partial charge in [-0.15, -0.1) is 0 Å². The number of nitrogens with one attached hydrogen (secondary N) is 1. The first-order valence-corrected chi connectivity index (χ1v) is 8.60. The van der Waals surface area contributed by atoms with Crippen LogP contribution in [0.3, 0.4) is 0 Å².